The molecular weight excluding hydrogens is 385 g/mol. The van der Waals surface area contributed by atoms with Crippen molar-refractivity contribution in [2.24, 2.45) is 0 Å². The Balaban J connectivity index is 1.65. The molecule has 5 rings (SSSR count). The maximum absolute atomic E-state index is 15.2. The molecule has 0 fully saturated rings. The van der Waals surface area contributed by atoms with E-state index in [0.29, 0.717) is 23.0 Å². The lowest BCUT2D eigenvalue weighted by atomic mass is 10.0. The van der Waals surface area contributed by atoms with E-state index in [2.05, 4.69) is 15.0 Å². The summed E-state index contributed by atoms with van der Waals surface area (Å²) in [5.74, 6) is 0.961. The van der Waals surface area contributed by atoms with Gasteiger partial charge in [0.05, 0.1) is 5.56 Å². The molecule has 3 nitrogen and oxygen atoms in total. The maximum atomic E-state index is 15.2. The highest BCUT2D eigenvalue weighted by Crippen LogP contribution is 2.29. The zero-order chi connectivity index (χ0) is 21.0. The van der Waals surface area contributed by atoms with E-state index >= 15 is 4.39 Å². The standard InChI is InChI=1S/C27H18FN3/c28-24-18-22(19-10-4-1-5-11-19)16-17-23(24)27-30-25(20-12-6-2-7-13-20)29-26(31-27)21-14-8-3-9-15-21/h1-18H. The van der Waals surface area contributed by atoms with Gasteiger partial charge in [-0.1, -0.05) is 97.1 Å². The maximum Gasteiger partial charge on any atom is 0.167 e. The molecule has 0 aliphatic rings. The average Bonchev–Trinajstić information content (AvgIpc) is 2.85. The van der Waals surface area contributed by atoms with Crippen molar-refractivity contribution in [3.05, 3.63) is 115 Å². The summed E-state index contributed by atoms with van der Waals surface area (Å²) in [7, 11) is 0. The van der Waals surface area contributed by atoms with Crippen molar-refractivity contribution < 1.29 is 4.39 Å². The van der Waals surface area contributed by atoms with Crippen LogP contribution in [0.25, 0.3) is 45.3 Å². The number of benzene rings is 4. The molecule has 0 saturated carbocycles. The van der Waals surface area contributed by atoms with Gasteiger partial charge in [-0.05, 0) is 23.3 Å². The second-order valence-corrected chi connectivity index (χ2v) is 7.10. The van der Waals surface area contributed by atoms with Crippen LogP contribution in [0.15, 0.2) is 109 Å². The van der Waals surface area contributed by atoms with Crippen LogP contribution < -0.4 is 0 Å². The van der Waals surface area contributed by atoms with Gasteiger partial charge in [-0.25, -0.2) is 19.3 Å². The van der Waals surface area contributed by atoms with E-state index in [9.17, 15) is 0 Å². The molecule has 0 radical (unpaired) electrons. The van der Waals surface area contributed by atoms with Crippen molar-refractivity contribution in [1.29, 1.82) is 0 Å². The first-order chi connectivity index (χ1) is 15.3. The fraction of sp³-hybridized carbons (Fsp3) is 0. The molecule has 1 aromatic heterocycles. The van der Waals surface area contributed by atoms with E-state index in [0.717, 1.165) is 22.3 Å². The second kappa shape index (κ2) is 8.28. The SMILES string of the molecule is Fc1cc(-c2ccccc2)ccc1-c1nc(-c2ccccc2)nc(-c2ccccc2)n1. The Morgan fingerprint density at radius 3 is 1.35 bits per heavy atom. The molecule has 4 aromatic carbocycles. The number of rotatable bonds is 4. The van der Waals surface area contributed by atoms with Crippen LogP contribution in [0.4, 0.5) is 4.39 Å². The normalized spacial score (nSPS) is 10.7. The molecule has 148 valence electrons. The lowest BCUT2D eigenvalue weighted by Crippen LogP contribution is -2.01. The quantitative estimate of drug-likeness (QED) is 0.336. The van der Waals surface area contributed by atoms with Crippen molar-refractivity contribution in [3.63, 3.8) is 0 Å². The van der Waals surface area contributed by atoms with Crippen molar-refractivity contribution in [3.8, 4) is 45.3 Å². The van der Waals surface area contributed by atoms with Crippen LogP contribution in [0.2, 0.25) is 0 Å². The van der Waals surface area contributed by atoms with Crippen LogP contribution in [-0.4, -0.2) is 15.0 Å². The van der Waals surface area contributed by atoms with Gasteiger partial charge in [-0.3, -0.25) is 0 Å². The number of halogens is 1. The Morgan fingerprint density at radius 2 is 0.871 bits per heavy atom. The summed E-state index contributed by atoms with van der Waals surface area (Å²) < 4.78 is 15.2. The molecule has 0 saturated heterocycles. The first-order valence-electron chi connectivity index (χ1n) is 10.0. The van der Waals surface area contributed by atoms with E-state index in [4.69, 9.17) is 0 Å². The first kappa shape index (κ1) is 18.8. The average molecular weight is 403 g/mol. The molecule has 1 heterocycles. The highest BCUT2D eigenvalue weighted by atomic mass is 19.1. The molecular formula is C27H18FN3. The predicted octanol–water partition coefficient (Wildman–Crippen LogP) is 6.68. The summed E-state index contributed by atoms with van der Waals surface area (Å²) in [6.45, 7) is 0. The summed E-state index contributed by atoms with van der Waals surface area (Å²) in [4.78, 5) is 13.9. The molecule has 0 aliphatic carbocycles. The van der Waals surface area contributed by atoms with Gasteiger partial charge < -0.3 is 0 Å². The highest BCUT2D eigenvalue weighted by molar-refractivity contribution is 5.70. The van der Waals surface area contributed by atoms with Crippen LogP contribution in [-0.2, 0) is 0 Å². The van der Waals surface area contributed by atoms with Crippen molar-refractivity contribution in [2.75, 3.05) is 0 Å². The van der Waals surface area contributed by atoms with Crippen LogP contribution in [0.1, 0.15) is 0 Å². The Morgan fingerprint density at radius 1 is 0.419 bits per heavy atom. The van der Waals surface area contributed by atoms with Gasteiger partial charge in [0, 0.05) is 11.1 Å². The Hall–Kier alpha value is -4.18. The largest absolute Gasteiger partial charge is 0.208 e. The van der Waals surface area contributed by atoms with Gasteiger partial charge in [0.15, 0.2) is 17.5 Å². The van der Waals surface area contributed by atoms with Crippen molar-refractivity contribution >= 4 is 0 Å². The van der Waals surface area contributed by atoms with Crippen LogP contribution in [0, 0.1) is 5.82 Å². The second-order valence-electron chi connectivity index (χ2n) is 7.10. The van der Waals surface area contributed by atoms with Gasteiger partial charge in [0.2, 0.25) is 0 Å². The smallest absolute Gasteiger partial charge is 0.167 e. The van der Waals surface area contributed by atoms with Gasteiger partial charge in [0.25, 0.3) is 0 Å². The molecule has 0 aliphatic heterocycles. The lowest BCUT2D eigenvalue weighted by Gasteiger charge is -2.10. The molecule has 5 aromatic rings. The number of hydrogen-bond donors (Lipinski definition) is 0. The monoisotopic (exact) mass is 403 g/mol. The third kappa shape index (κ3) is 3.96. The van der Waals surface area contributed by atoms with Gasteiger partial charge in [-0.2, -0.15) is 0 Å². The predicted molar refractivity (Wildman–Crippen MR) is 122 cm³/mol. The zero-order valence-corrected chi connectivity index (χ0v) is 16.6. The van der Waals surface area contributed by atoms with Gasteiger partial charge >= 0.3 is 0 Å². The van der Waals surface area contributed by atoms with E-state index in [1.807, 2.05) is 97.1 Å². The van der Waals surface area contributed by atoms with Crippen LogP contribution >= 0.6 is 0 Å². The Kier molecular flexibility index (Phi) is 5.03. The molecule has 31 heavy (non-hydrogen) atoms. The van der Waals surface area contributed by atoms with Crippen LogP contribution in [0.3, 0.4) is 0 Å². The van der Waals surface area contributed by atoms with Crippen molar-refractivity contribution in [1.82, 2.24) is 15.0 Å². The van der Waals surface area contributed by atoms with E-state index < -0.39 is 0 Å². The lowest BCUT2D eigenvalue weighted by molar-refractivity contribution is 0.630. The van der Waals surface area contributed by atoms with E-state index in [1.54, 1.807) is 6.07 Å². The van der Waals surface area contributed by atoms with Gasteiger partial charge in [-0.15, -0.1) is 0 Å². The van der Waals surface area contributed by atoms with Crippen LogP contribution in [0.5, 0.6) is 0 Å². The molecule has 0 bridgehead atoms. The van der Waals surface area contributed by atoms with E-state index in [1.165, 1.54) is 6.07 Å². The third-order valence-corrected chi connectivity index (χ3v) is 5.02. The third-order valence-electron chi connectivity index (χ3n) is 5.02. The minimum atomic E-state index is -0.370. The first-order valence-corrected chi connectivity index (χ1v) is 10.0. The molecule has 0 unspecified atom stereocenters. The molecule has 4 heteroatoms. The summed E-state index contributed by atoms with van der Waals surface area (Å²) in [5, 5.41) is 0. The Bertz CT molecular complexity index is 1260. The van der Waals surface area contributed by atoms with Gasteiger partial charge in [0.1, 0.15) is 5.82 Å². The fourth-order valence-electron chi connectivity index (χ4n) is 3.44. The minimum Gasteiger partial charge on any atom is -0.208 e. The van der Waals surface area contributed by atoms with E-state index in [-0.39, 0.29) is 5.82 Å². The highest BCUT2D eigenvalue weighted by Gasteiger charge is 2.15. The molecule has 0 amide bonds. The molecule has 0 N–H and O–H groups in total. The molecule has 0 atom stereocenters. The molecule has 0 spiro atoms. The summed E-state index contributed by atoms with van der Waals surface area (Å²) in [6.07, 6.45) is 0. The summed E-state index contributed by atoms with van der Waals surface area (Å²) >= 11 is 0. The van der Waals surface area contributed by atoms with Crippen molar-refractivity contribution in [2.45, 2.75) is 0 Å². The Labute approximate surface area is 179 Å². The fourth-order valence-corrected chi connectivity index (χ4v) is 3.44. The number of nitrogens with zero attached hydrogens (tertiary/aromatic N) is 3. The summed E-state index contributed by atoms with van der Waals surface area (Å²) in [6, 6.07) is 34.2. The summed E-state index contributed by atoms with van der Waals surface area (Å²) in [5.41, 5.74) is 3.81. The minimum absolute atomic E-state index is 0.310. The number of aromatic nitrogens is 3. The zero-order valence-electron chi connectivity index (χ0n) is 16.6. The number of hydrogen-bond acceptors (Lipinski definition) is 3. The topological polar surface area (TPSA) is 38.7 Å².